The van der Waals surface area contributed by atoms with Gasteiger partial charge in [-0.2, -0.15) is 0 Å². The fourth-order valence-corrected chi connectivity index (χ4v) is 3.28. The summed E-state index contributed by atoms with van der Waals surface area (Å²) in [5, 5.41) is 0. The number of nitrogens with zero attached hydrogens (tertiary/aromatic N) is 1. The van der Waals surface area contributed by atoms with Crippen LogP contribution < -0.4 is 0 Å². The van der Waals surface area contributed by atoms with Gasteiger partial charge in [0.1, 0.15) is 0 Å². The molecule has 0 amide bonds. The number of rotatable bonds is 9. The first-order chi connectivity index (χ1) is 7.08. The second kappa shape index (κ2) is 8.36. The highest BCUT2D eigenvalue weighted by atomic mass is 35.5. The van der Waals surface area contributed by atoms with Crippen molar-refractivity contribution in [1.29, 1.82) is 0 Å². The van der Waals surface area contributed by atoms with E-state index < -0.39 is 10.0 Å². The third kappa shape index (κ3) is 6.38. The van der Waals surface area contributed by atoms with Gasteiger partial charge in [-0.3, -0.25) is 0 Å². The van der Waals surface area contributed by atoms with Crippen LogP contribution in [0.5, 0.6) is 0 Å². The minimum atomic E-state index is -3.01. The quantitative estimate of drug-likeness (QED) is 0.469. The lowest BCUT2D eigenvalue weighted by Crippen LogP contribution is -2.32. The average Bonchev–Trinajstić information content (AvgIpc) is 2.18. The van der Waals surface area contributed by atoms with E-state index in [1.165, 1.54) is 4.31 Å². The smallest absolute Gasteiger partial charge is 0.212 e. The Hall–Kier alpha value is 0.200. The summed E-state index contributed by atoms with van der Waals surface area (Å²) in [6.07, 6.45) is 3.70. The van der Waals surface area contributed by atoms with Crippen molar-refractivity contribution in [2.24, 2.45) is 0 Å². The highest BCUT2D eigenvalue weighted by molar-refractivity contribution is 7.89. The van der Waals surface area contributed by atoms with Crippen LogP contribution in [0.25, 0.3) is 0 Å². The van der Waals surface area contributed by atoms with Crippen LogP contribution >= 0.6 is 11.6 Å². The van der Waals surface area contributed by atoms with Crippen LogP contribution in [0, 0.1) is 0 Å². The average molecular weight is 256 g/mol. The van der Waals surface area contributed by atoms with Crippen molar-refractivity contribution >= 4 is 21.6 Å². The number of hydrogen-bond acceptors (Lipinski definition) is 2. The van der Waals surface area contributed by atoms with E-state index in [0.29, 0.717) is 19.0 Å². The number of unbranched alkanes of at least 4 members (excludes halogenated alkanes) is 3. The Morgan fingerprint density at radius 1 is 1.00 bits per heavy atom. The number of halogens is 1. The predicted molar refractivity (Wildman–Crippen MR) is 65.9 cm³/mol. The highest BCUT2D eigenvalue weighted by Gasteiger charge is 2.17. The molecule has 3 nitrogen and oxygen atoms in total. The Morgan fingerprint density at radius 2 is 1.53 bits per heavy atom. The molecule has 0 bridgehead atoms. The minimum Gasteiger partial charge on any atom is -0.212 e. The van der Waals surface area contributed by atoms with Crippen LogP contribution in [-0.4, -0.2) is 37.4 Å². The summed E-state index contributed by atoms with van der Waals surface area (Å²) in [7, 11) is -3.01. The minimum absolute atomic E-state index is 0.275. The molecule has 0 spiro atoms. The molecule has 0 unspecified atom stereocenters. The van der Waals surface area contributed by atoms with E-state index in [1.54, 1.807) is 0 Å². The van der Waals surface area contributed by atoms with E-state index in [0.717, 1.165) is 25.7 Å². The molecular weight excluding hydrogens is 234 g/mol. The summed E-state index contributed by atoms with van der Waals surface area (Å²) in [5.41, 5.74) is 0. The van der Waals surface area contributed by atoms with Gasteiger partial charge in [-0.05, 0) is 12.8 Å². The molecule has 5 heteroatoms. The Balaban J connectivity index is 3.83. The third-order valence-electron chi connectivity index (χ3n) is 2.38. The fourth-order valence-electron chi connectivity index (χ4n) is 1.48. The SMILES string of the molecule is CCN(CC)S(=O)(=O)CCCCCCCl. The second-order valence-electron chi connectivity index (χ2n) is 3.50. The third-order valence-corrected chi connectivity index (χ3v) is 4.76. The zero-order valence-corrected chi connectivity index (χ0v) is 11.3. The number of hydrogen-bond donors (Lipinski definition) is 0. The summed E-state index contributed by atoms with van der Waals surface area (Å²) < 4.78 is 25.0. The predicted octanol–water partition coefficient (Wildman–Crippen LogP) is 2.46. The maximum atomic E-state index is 11.7. The van der Waals surface area contributed by atoms with Crippen LogP contribution in [0.3, 0.4) is 0 Å². The molecule has 0 aromatic heterocycles. The maximum Gasteiger partial charge on any atom is 0.214 e. The summed E-state index contributed by atoms with van der Waals surface area (Å²) in [6, 6.07) is 0. The summed E-state index contributed by atoms with van der Waals surface area (Å²) in [4.78, 5) is 0. The molecule has 0 aromatic rings. The van der Waals surface area contributed by atoms with Gasteiger partial charge in [0.15, 0.2) is 0 Å². The van der Waals surface area contributed by atoms with Gasteiger partial charge in [0.05, 0.1) is 5.75 Å². The second-order valence-corrected chi connectivity index (χ2v) is 5.97. The number of alkyl halides is 1. The number of sulfonamides is 1. The molecular formula is C10H22ClNO2S. The van der Waals surface area contributed by atoms with Crippen molar-refractivity contribution in [3.8, 4) is 0 Å². The molecule has 0 N–H and O–H groups in total. The molecule has 0 aliphatic rings. The van der Waals surface area contributed by atoms with Crippen LogP contribution in [0.4, 0.5) is 0 Å². The van der Waals surface area contributed by atoms with Gasteiger partial charge in [0, 0.05) is 19.0 Å². The van der Waals surface area contributed by atoms with E-state index >= 15 is 0 Å². The molecule has 0 fully saturated rings. The van der Waals surface area contributed by atoms with Crippen molar-refractivity contribution in [3.05, 3.63) is 0 Å². The van der Waals surface area contributed by atoms with Gasteiger partial charge >= 0.3 is 0 Å². The molecule has 0 heterocycles. The normalized spacial score (nSPS) is 12.3. The van der Waals surface area contributed by atoms with Crippen molar-refractivity contribution in [3.63, 3.8) is 0 Å². The largest absolute Gasteiger partial charge is 0.214 e. The van der Waals surface area contributed by atoms with Gasteiger partial charge in [0.2, 0.25) is 10.0 Å². The van der Waals surface area contributed by atoms with Crippen LogP contribution in [0.15, 0.2) is 0 Å². The molecule has 0 saturated heterocycles. The van der Waals surface area contributed by atoms with Crippen molar-refractivity contribution in [2.75, 3.05) is 24.7 Å². The molecule has 0 rings (SSSR count). The first-order valence-electron chi connectivity index (χ1n) is 5.62. The molecule has 0 atom stereocenters. The van der Waals surface area contributed by atoms with E-state index in [9.17, 15) is 8.42 Å². The molecule has 0 radical (unpaired) electrons. The monoisotopic (exact) mass is 255 g/mol. The Labute approximate surface area is 98.8 Å². The lowest BCUT2D eigenvalue weighted by molar-refractivity contribution is 0.443. The first kappa shape index (κ1) is 15.2. The van der Waals surface area contributed by atoms with Crippen LogP contribution in [0.1, 0.15) is 39.5 Å². The standard InChI is InChI=1S/C10H22ClNO2S/c1-3-12(4-2)15(13,14)10-8-6-5-7-9-11/h3-10H2,1-2H3. The zero-order valence-electron chi connectivity index (χ0n) is 9.71. The Morgan fingerprint density at radius 3 is 2.00 bits per heavy atom. The highest BCUT2D eigenvalue weighted by Crippen LogP contribution is 2.07. The van der Waals surface area contributed by atoms with Gasteiger partial charge < -0.3 is 0 Å². The molecule has 0 aliphatic carbocycles. The molecule has 0 aromatic carbocycles. The molecule has 92 valence electrons. The van der Waals surface area contributed by atoms with Crippen molar-refractivity contribution in [2.45, 2.75) is 39.5 Å². The summed E-state index contributed by atoms with van der Waals surface area (Å²) in [6.45, 7) is 4.88. The lowest BCUT2D eigenvalue weighted by Gasteiger charge is -2.18. The van der Waals surface area contributed by atoms with Gasteiger partial charge in [-0.15, -0.1) is 11.6 Å². The van der Waals surface area contributed by atoms with Crippen LogP contribution in [0.2, 0.25) is 0 Å². The maximum absolute atomic E-state index is 11.7. The van der Waals surface area contributed by atoms with E-state index in [4.69, 9.17) is 11.6 Å². The van der Waals surface area contributed by atoms with Gasteiger partial charge in [-0.1, -0.05) is 26.7 Å². The molecule has 0 saturated carbocycles. The van der Waals surface area contributed by atoms with Crippen LogP contribution in [-0.2, 0) is 10.0 Å². The van der Waals surface area contributed by atoms with Crippen molar-refractivity contribution in [1.82, 2.24) is 4.31 Å². The summed E-state index contributed by atoms with van der Waals surface area (Å²) in [5.74, 6) is 0.944. The molecule has 15 heavy (non-hydrogen) atoms. The molecule has 0 aliphatic heterocycles. The van der Waals surface area contributed by atoms with Gasteiger partial charge in [0.25, 0.3) is 0 Å². The topological polar surface area (TPSA) is 37.4 Å². The zero-order chi connectivity index (χ0) is 11.7. The van der Waals surface area contributed by atoms with Crippen molar-refractivity contribution < 1.29 is 8.42 Å². The Bertz CT molecular complexity index is 238. The van der Waals surface area contributed by atoms with Gasteiger partial charge in [-0.25, -0.2) is 12.7 Å². The summed E-state index contributed by atoms with van der Waals surface area (Å²) >= 11 is 5.54. The van der Waals surface area contributed by atoms with E-state index in [-0.39, 0.29) is 5.75 Å². The fraction of sp³-hybridized carbons (Fsp3) is 1.00. The first-order valence-corrected chi connectivity index (χ1v) is 7.76. The van der Waals surface area contributed by atoms with E-state index in [2.05, 4.69) is 0 Å². The lowest BCUT2D eigenvalue weighted by atomic mass is 10.2. The van der Waals surface area contributed by atoms with E-state index in [1.807, 2.05) is 13.8 Å². The Kier molecular flexibility index (Phi) is 8.47.